The molecule has 0 amide bonds. The third kappa shape index (κ3) is 3.68. The van der Waals surface area contributed by atoms with Crippen molar-refractivity contribution in [2.75, 3.05) is 7.05 Å². The van der Waals surface area contributed by atoms with Crippen LogP contribution in [0.2, 0.25) is 0 Å². The molecule has 1 nitrogen and oxygen atoms in total. The number of likely N-dealkylation sites (N-methyl/N-ethyl adjacent to an activating group) is 1. The van der Waals surface area contributed by atoms with Crippen molar-refractivity contribution in [2.45, 2.75) is 19.4 Å². The van der Waals surface area contributed by atoms with Crippen molar-refractivity contribution in [3.63, 3.8) is 0 Å². The van der Waals surface area contributed by atoms with E-state index in [1.807, 2.05) is 19.2 Å². The summed E-state index contributed by atoms with van der Waals surface area (Å²) in [5.74, 6) is -0.229. The smallest absolute Gasteiger partial charge is 0.137 e. The van der Waals surface area contributed by atoms with Crippen molar-refractivity contribution in [3.05, 3.63) is 67.9 Å². The molecule has 0 saturated heterocycles. The van der Waals surface area contributed by atoms with Gasteiger partial charge in [-0.1, -0.05) is 34.1 Å². The minimum atomic E-state index is -0.229. The first-order chi connectivity index (χ1) is 9.51. The fourth-order valence-corrected chi connectivity index (χ4v) is 2.94. The Balaban J connectivity index is 2.23. The molecule has 0 spiro atoms. The Labute approximate surface area is 135 Å². The van der Waals surface area contributed by atoms with Crippen LogP contribution in [0.4, 0.5) is 4.39 Å². The molecule has 2 aromatic carbocycles. The summed E-state index contributed by atoms with van der Waals surface area (Å²) in [6.45, 7) is 2.07. The molecule has 0 saturated carbocycles. The van der Waals surface area contributed by atoms with Crippen LogP contribution in [0.15, 0.2) is 45.3 Å². The van der Waals surface area contributed by atoms with E-state index in [1.165, 1.54) is 17.2 Å². The maximum absolute atomic E-state index is 13.3. The molecule has 1 atom stereocenters. The average Bonchev–Trinajstić information content (AvgIpc) is 2.43. The number of hydrogen-bond acceptors (Lipinski definition) is 1. The van der Waals surface area contributed by atoms with Gasteiger partial charge in [0.25, 0.3) is 0 Å². The van der Waals surface area contributed by atoms with E-state index in [0.717, 1.165) is 16.5 Å². The van der Waals surface area contributed by atoms with Crippen molar-refractivity contribution < 1.29 is 4.39 Å². The van der Waals surface area contributed by atoms with Gasteiger partial charge in [0.2, 0.25) is 0 Å². The van der Waals surface area contributed by atoms with Gasteiger partial charge in [0.15, 0.2) is 0 Å². The first-order valence-electron chi connectivity index (χ1n) is 6.38. The highest BCUT2D eigenvalue weighted by Crippen LogP contribution is 2.25. The second-order valence-corrected chi connectivity index (χ2v) is 6.51. The molecule has 20 heavy (non-hydrogen) atoms. The number of nitrogens with one attached hydrogen (secondary N) is 1. The lowest BCUT2D eigenvalue weighted by Gasteiger charge is -2.18. The number of halogens is 3. The third-order valence-corrected chi connectivity index (χ3v) is 4.83. The van der Waals surface area contributed by atoms with Gasteiger partial charge in [0.05, 0.1) is 4.47 Å². The van der Waals surface area contributed by atoms with Crippen LogP contribution in [0, 0.1) is 12.7 Å². The second kappa shape index (κ2) is 6.83. The topological polar surface area (TPSA) is 12.0 Å². The van der Waals surface area contributed by atoms with E-state index in [4.69, 9.17) is 0 Å². The van der Waals surface area contributed by atoms with Crippen LogP contribution < -0.4 is 5.32 Å². The van der Waals surface area contributed by atoms with Gasteiger partial charge in [0.1, 0.15) is 5.82 Å². The fourth-order valence-electron chi connectivity index (χ4n) is 2.11. The first kappa shape index (κ1) is 15.7. The molecule has 0 aromatic heterocycles. The summed E-state index contributed by atoms with van der Waals surface area (Å²) in [6, 6.07) is 11.7. The minimum Gasteiger partial charge on any atom is -0.313 e. The monoisotopic (exact) mass is 399 g/mol. The zero-order chi connectivity index (χ0) is 14.7. The normalized spacial score (nSPS) is 12.4. The van der Waals surface area contributed by atoms with Crippen LogP contribution in [0.25, 0.3) is 0 Å². The Morgan fingerprint density at radius 3 is 2.45 bits per heavy atom. The molecule has 2 aromatic rings. The fraction of sp³-hybridized carbons (Fsp3) is 0.250. The number of aryl methyl sites for hydroxylation is 1. The van der Waals surface area contributed by atoms with Gasteiger partial charge in [0, 0.05) is 10.5 Å². The largest absolute Gasteiger partial charge is 0.313 e. The van der Waals surface area contributed by atoms with E-state index >= 15 is 0 Å². The molecule has 2 rings (SSSR count). The zero-order valence-electron chi connectivity index (χ0n) is 11.4. The molecule has 0 aliphatic rings. The molecule has 0 heterocycles. The summed E-state index contributed by atoms with van der Waals surface area (Å²) >= 11 is 6.80. The molecule has 0 radical (unpaired) electrons. The van der Waals surface area contributed by atoms with E-state index in [2.05, 4.69) is 62.3 Å². The lowest BCUT2D eigenvalue weighted by Crippen LogP contribution is -2.19. The number of rotatable bonds is 4. The Kier molecular flexibility index (Phi) is 5.35. The van der Waals surface area contributed by atoms with Gasteiger partial charge >= 0.3 is 0 Å². The molecule has 0 fully saturated rings. The highest BCUT2D eigenvalue weighted by Gasteiger charge is 2.12. The SMILES string of the molecule is CNC(Cc1ccc(F)c(Br)c1)c1ccc(C)c(Br)c1. The van der Waals surface area contributed by atoms with Crippen molar-refractivity contribution >= 4 is 31.9 Å². The second-order valence-electron chi connectivity index (χ2n) is 4.80. The van der Waals surface area contributed by atoms with Crippen molar-refractivity contribution in [3.8, 4) is 0 Å². The van der Waals surface area contributed by atoms with Crippen LogP contribution >= 0.6 is 31.9 Å². The molecule has 0 aliphatic carbocycles. The van der Waals surface area contributed by atoms with Crippen molar-refractivity contribution in [2.24, 2.45) is 0 Å². The predicted octanol–water partition coefficient (Wildman–Crippen LogP) is 5.16. The summed E-state index contributed by atoms with van der Waals surface area (Å²) in [6.07, 6.45) is 0.810. The van der Waals surface area contributed by atoms with Crippen LogP contribution in [-0.2, 0) is 6.42 Å². The maximum atomic E-state index is 13.3. The molecule has 106 valence electrons. The van der Waals surface area contributed by atoms with E-state index in [9.17, 15) is 4.39 Å². The van der Waals surface area contributed by atoms with Crippen LogP contribution in [0.5, 0.6) is 0 Å². The number of hydrogen-bond donors (Lipinski definition) is 1. The van der Waals surface area contributed by atoms with E-state index in [1.54, 1.807) is 0 Å². The quantitative estimate of drug-likeness (QED) is 0.747. The molecule has 4 heteroatoms. The number of benzene rings is 2. The summed E-state index contributed by atoms with van der Waals surface area (Å²) < 4.78 is 14.9. The molecular formula is C16H16Br2FN. The van der Waals surface area contributed by atoms with Gasteiger partial charge in [-0.25, -0.2) is 4.39 Å². The highest BCUT2D eigenvalue weighted by atomic mass is 79.9. The summed E-state index contributed by atoms with van der Waals surface area (Å²) in [4.78, 5) is 0. The molecule has 1 N–H and O–H groups in total. The summed E-state index contributed by atoms with van der Waals surface area (Å²) in [7, 11) is 1.94. The minimum absolute atomic E-state index is 0.198. The first-order valence-corrected chi connectivity index (χ1v) is 7.97. The summed E-state index contributed by atoms with van der Waals surface area (Å²) in [5.41, 5.74) is 3.52. The summed E-state index contributed by atoms with van der Waals surface area (Å²) in [5, 5.41) is 3.32. The van der Waals surface area contributed by atoms with Crippen molar-refractivity contribution in [1.29, 1.82) is 0 Å². The molecule has 0 aliphatic heterocycles. The van der Waals surface area contributed by atoms with Gasteiger partial charge < -0.3 is 5.32 Å². The Hall–Kier alpha value is -0.710. The Bertz CT molecular complexity index is 613. The van der Waals surface area contributed by atoms with Crippen LogP contribution in [0.3, 0.4) is 0 Å². The van der Waals surface area contributed by atoms with Gasteiger partial charge in [-0.2, -0.15) is 0 Å². The van der Waals surface area contributed by atoms with E-state index in [-0.39, 0.29) is 11.9 Å². The van der Waals surface area contributed by atoms with E-state index in [0.29, 0.717) is 4.47 Å². The standard InChI is InChI=1S/C16H16Br2FN/c1-10-3-5-12(9-13(10)17)16(20-2)8-11-4-6-15(19)14(18)7-11/h3-7,9,16,20H,8H2,1-2H3. The Morgan fingerprint density at radius 2 is 1.85 bits per heavy atom. The third-order valence-electron chi connectivity index (χ3n) is 3.37. The van der Waals surface area contributed by atoms with Gasteiger partial charge in [-0.3, -0.25) is 0 Å². The molecule has 0 bridgehead atoms. The average molecular weight is 401 g/mol. The van der Waals surface area contributed by atoms with Gasteiger partial charge in [-0.05, 0) is 71.2 Å². The Morgan fingerprint density at radius 1 is 1.10 bits per heavy atom. The highest BCUT2D eigenvalue weighted by molar-refractivity contribution is 9.10. The molecule has 1 unspecified atom stereocenters. The van der Waals surface area contributed by atoms with Crippen LogP contribution in [-0.4, -0.2) is 7.05 Å². The lowest BCUT2D eigenvalue weighted by atomic mass is 9.98. The zero-order valence-corrected chi connectivity index (χ0v) is 14.6. The van der Waals surface area contributed by atoms with Gasteiger partial charge in [-0.15, -0.1) is 0 Å². The maximum Gasteiger partial charge on any atom is 0.137 e. The molecular weight excluding hydrogens is 385 g/mol. The predicted molar refractivity (Wildman–Crippen MR) is 88.5 cm³/mol. The van der Waals surface area contributed by atoms with E-state index < -0.39 is 0 Å². The lowest BCUT2D eigenvalue weighted by molar-refractivity contribution is 0.587. The van der Waals surface area contributed by atoms with Crippen molar-refractivity contribution in [1.82, 2.24) is 5.32 Å². The van der Waals surface area contributed by atoms with Crippen LogP contribution in [0.1, 0.15) is 22.7 Å².